The van der Waals surface area contributed by atoms with Crippen molar-refractivity contribution in [2.24, 2.45) is 0 Å². The summed E-state index contributed by atoms with van der Waals surface area (Å²) in [4.78, 5) is 0. The van der Waals surface area contributed by atoms with Crippen LogP contribution in [0.4, 0.5) is 0 Å². The molecule has 1 unspecified atom stereocenters. The molecular formula is C8H16S3. The second-order valence-corrected chi connectivity index (χ2v) is 7.35. The summed E-state index contributed by atoms with van der Waals surface area (Å²) in [5.74, 6) is 1.32. The second kappa shape index (κ2) is 4.93. The summed E-state index contributed by atoms with van der Waals surface area (Å²) < 4.78 is 0.882. The SMILES string of the molecule is CSCCC1S[C@@H](C)[C@@H](C)S1. The minimum atomic E-state index is 0.867. The first kappa shape index (κ1) is 10.1. The lowest BCUT2D eigenvalue weighted by molar-refractivity contribution is 0.941. The lowest BCUT2D eigenvalue weighted by Gasteiger charge is -2.05. The van der Waals surface area contributed by atoms with Crippen molar-refractivity contribution in [2.45, 2.75) is 35.4 Å². The Morgan fingerprint density at radius 2 is 1.73 bits per heavy atom. The highest BCUT2D eigenvalue weighted by Crippen LogP contribution is 2.44. The number of rotatable bonds is 3. The van der Waals surface area contributed by atoms with Gasteiger partial charge in [0.15, 0.2) is 0 Å². The van der Waals surface area contributed by atoms with Crippen LogP contribution >= 0.6 is 35.3 Å². The fourth-order valence-electron chi connectivity index (χ4n) is 1.08. The Labute approximate surface area is 82.7 Å². The molecule has 1 saturated heterocycles. The van der Waals surface area contributed by atoms with Crippen molar-refractivity contribution in [3.8, 4) is 0 Å². The Balaban J connectivity index is 2.18. The molecule has 0 radical (unpaired) electrons. The molecule has 0 aromatic rings. The van der Waals surface area contributed by atoms with Gasteiger partial charge in [-0.1, -0.05) is 13.8 Å². The minimum absolute atomic E-state index is 0.867. The van der Waals surface area contributed by atoms with Crippen LogP contribution in [-0.4, -0.2) is 27.1 Å². The largest absolute Gasteiger partial charge is 0.165 e. The Hall–Kier alpha value is 1.05. The predicted molar refractivity (Wildman–Crippen MR) is 60.9 cm³/mol. The lowest BCUT2D eigenvalue weighted by atomic mass is 10.4. The van der Waals surface area contributed by atoms with Gasteiger partial charge in [0, 0.05) is 10.5 Å². The summed E-state index contributed by atoms with van der Waals surface area (Å²) >= 11 is 6.29. The molecule has 0 nitrogen and oxygen atoms in total. The molecule has 0 aliphatic carbocycles. The van der Waals surface area contributed by atoms with Crippen LogP contribution in [0.1, 0.15) is 20.3 Å². The van der Waals surface area contributed by atoms with Gasteiger partial charge in [0.05, 0.1) is 4.58 Å². The maximum Gasteiger partial charge on any atom is 0.0516 e. The second-order valence-electron chi connectivity index (χ2n) is 2.89. The zero-order chi connectivity index (χ0) is 8.27. The van der Waals surface area contributed by atoms with Crippen molar-refractivity contribution in [3.05, 3.63) is 0 Å². The van der Waals surface area contributed by atoms with Crippen LogP contribution < -0.4 is 0 Å². The van der Waals surface area contributed by atoms with E-state index in [4.69, 9.17) is 0 Å². The molecule has 0 bridgehead atoms. The molecule has 1 aliphatic rings. The summed E-state index contributed by atoms with van der Waals surface area (Å²) in [5.41, 5.74) is 0. The third-order valence-corrected chi connectivity index (χ3v) is 6.19. The van der Waals surface area contributed by atoms with E-state index in [0.29, 0.717) is 0 Å². The molecule has 0 N–H and O–H groups in total. The van der Waals surface area contributed by atoms with Crippen molar-refractivity contribution in [3.63, 3.8) is 0 Å². The van der Waals surface area contributed by atoms with Gasteiger partial charge >= 0.3 is 0 Å². The van der Waals surface area contributed by atoms with Crippen LogP contribution in [0.5, 0.6) is 0 Å². The highest BCUT2D eigenvalue weighted by Gasteiger charge is 2.28. The third-order valence-electron chi connectivity index (χ3n) is 1.95. The average Bonchev–Trinajstić information content (AvgIpc) is 2.28. The van der Waals surface area contributed by atoms with E-state index >= 15 is 0 Å². The zero-order valence-electron chi connectivity index (χ0n) is 7.37. The summed E-state index contributed by atoms with van der Waals surface area (Å²) in [6.45, 7) is 4.70. The molecule has 1 aliphatic heterocycles. The van der Waals surface area contributed by atoms with Gasteiger partial charge in [-0.15, -0.1) is 23.5 Å². The molecular weight excluding hydrogens is 192 g/mol. The normalized spacial score (nSPS) is 37.9. The molecule has 3 atom stereocenters. The first-order valence-electron chi connectivity index (χ1n) is 4.04. The van der Waals surface area contributed by atoms with Gasteiger partial charge in [-0.05, 0) is 18.4 Å². The molecule has 66 valence electrons. The van der Waals surface area contributed by atoms with Gasteiger partial charge in [0.25, 0.3) is 0 Å². The minimum Gasteiger partial charge on any atom is -0.165 e. The number of thioether (sulfide) groups is 3. The third kappa shape index (κ3) is 3.11. The maximum atomic E-state index is 2.35. The summed E-state index contributed by atoms with van der Waals surface area (Å²) in [7, 11) is 0. The summed E-state index contributed by atoms with van der Waals surface area (Å²) in [6, 6.07) is 0. The van der Waals surface area contributed by atoms with Crippen molar-refractivity contribution < 1.29 is 0 Å². The van der Waals surface area contributed by atoms with Gasteiger partial charge < -0.3 is 0 Å². The van der Waals surface area contributed by atoms with Crippen LogP contribution in [-0.2, 0) is 0 Å². The smallest absolute Gasteiger partial charge is 0.0516 e. The van der Waals surface area contributed by atoms with Crippen molar-refractivity contribution in [1.82, 2.24) is 0 Å². The molecule has 11 heavy (non-hydrogen) atoms. The molecule has 0 aromatic carbocycles. The van der Waals surface area contributed by atoms with Crippen LogP contribution in [0.15, 0.2) is 0 Å². The van der Waals surface area contributed by atoms with E-state index in [1.165, 1.54) is 12.2 Å². The van der Waals surface area contributed by atoms with Crippen molar-refractivity contribution in [1.29, 1.82) is 0 Å². The molecule has 1 fully saturated rings. The first-order chi connectivity index (χ1) is 5.24. The first-order valence-corrected chi connectivity index (χ1v) is 7.32. The van der Waals surface area contributed by atoms with E-state index in [2.05, 4.69) is 43.6 Å². The quantitative estimate of drug-likeness (QED) is 0.698. The topological polar surface area (TPSA) is 0 Å². The molecule has 0 aromatic heterocycles. The van der Waals surface area contributed by atoms with E-state index in [1.54, 1.807) is 0 Å². The maximum absolute atomic E-state index is 2.35. The summed E-state index contributed by atoms with van der Waals surface area (Å²) in [6.07, 6.45) is 3.57. The van der Waals surface area contributed by atoms with E-state index in [-0.39, 0.29) is 0 Å². The fourth-order valence-corrected chi connectivity index (χ4v) is 5.45. The Morgan fingerprint density at radius 1 is 1.18 bits per heavy atom. The van der Waals surface area contributed by atoms with Gasteiger partial charge in [-0.25, -0.2) is 0 Å². The van der Waals surface area contributed by atoms with E-state index in [0.717, 1.165) is 15.1 Å². The highest BCUT2D eigenvalue weighted by atomic mass is 32.2. The number of hydrogen-bond donors (Lipinski definition) is 0. The average molecular weight is 208 g/mol. The van der Waals surface area contributed by atoms with Crippen LogP contribution in [0.25, 0.3) is 0 Å². The Kier molecular flexibility index (Phi) is 4.54. The fraction of sp³-hybridized carbons (Fsp3) is 1.00. The monoisotopic (exact) mass is 208 g/mol. The van der Waals surface area contributed by atoms with Crippen LogP contribution in [0, 0.1) is 0 Å². The molecule has 0 saturated carbocycles. The van der Waals surface area contributed by atoms with Crippen LogP contribution in [0.3, 0.4) is 0 Å². The molecule has 1 heterocycles. The zero-order valence-corrected chi connectivity index (χ0v) is 9.82. The Bertz CT molecular complexity index is 106. The molecule has 1 rings (SSSR count). The van der Waals surface area contributed by atoms with E-state index in [9.17, 15) is 0 Å². The standard InChI is InChI=1S/C8H16S3/c1-6-7(2)11-8(10-6)4-5-9-3/h6-8H,4-5H2,1-3H3/t6-,7+,8?. The molecule has 0 spiro atoms. The number of hydrogen-bond acceptors (Lipinski definition) is 3. The summed E-state index contributed by atoms with van der Waals surface area (Å²) in [5, 5.41) is 1.73. The van der Waals surface area contributed by atoms with Crippen molar-refractivity contribution in [2.75, 3.05) is 12.0 Å². The molecule has 3 heteroatoms. The van der Waals surface area contributed by atoms with Gasteiger partial charge in [0.1, 0.15) is 0 Å². The van der Waals surface area contributed by atoms with E-state index in [1.807, 2.05) is 11.8 Å². The highest BCUT2D eigenvalue weighted by molar-refractivity contribution is 8.20. The van der Waals surface area contributed by atoms with E-state index < -0.39 is 0 Å². The van der Waals surface area contributed by atoms with Crippen LogP contribution in [0.2, 0.25) is 0 Å². The molecule has 0 amide bonds. The Morgan fingerprint density at radius 3 is 2.18 bits per heavy atom. The van der Waals surface area contributed by atoms with Crippen molar-refractivity contribution >= 4 is 35.3 Å². The van der Waals surface area contributed by atoms with Gasteiger partial charge in [-0.2, -0.15) is 11.8 Å². The predicted octanol–water partition coefficient (Wildman–Crippen LogP) is 3.32. The lowest BCUT2D eigenvalue weighted by Crippen LogP contribution is -2.04. The van der Waals surface area contributed by atoms with Gasteiger partial charge in [-0.3, -0.25) is 0 Å². The van der Waals surface area contributed by atoms with Gasteiger partial charge in [0.2, 0.25) is 0 Å².